The SMILES string of the molecule is CCc1ccccc1NC(=O)Nc1nnc(Sc2nc3c(c(=O)n(C)c(=O)n3C)n2C)s1. The molecule has 0 fully saturated rings. The van der Waals surface area contributed by atoms with Gasteiger partial charge in [-0.2, -0.15) is 0 Å². The van der Waals surface area contributed by atoms with Crippen LogP contribution in [-0.2, 0) is 27.6 Å². The van der Waals surface area contributed by atoms with Crippen molar-refractivity contribution < 1.29 is 4.79 Å². The van der Waals surface area contributed by atoms with Crippen LogP contribution >= 0.6 is 23.1 Å². The van der Waals surface area contributed by atoms with Crippen LogP contribution in [0.3, 0.4) is 0 Å². The van der Waals surface area contributed by atoms with Gasteiger partial charge in [0.05, 0.1) is 0 Å². The molecule has 4 aromatic rings. The number of nitrogens with one attached hydrogen (secondary N) is 2. The lowest BCUT2D eigenvalue weighted by Crippen LogP contribution is -2.37. The number of hydrogen-bond acceptors (Lipinski definition) is 8. The molecule has 0 unspecified atom stereocenters. The first-order chi connectivity index (χ1) is 15.3. The molecule has 1 aromatic carbocycles. The van der Waals surface area contributed by atoms with Gasteiger partial charge in [-0.05, 0) is 29.8 Å². The quantitative estimate of drug-likeness (QED) is 0.426. The van der Waals surface area contributed by atoms with Crippen molar-refractivity contribution in [2.45, 2.75) is 22.8 Å². The minimum absolute atomic E-state index is 0.292. The van der Waals surface area contributed by atoms with Crippen LogP contribution in [0.25, 0.3) is 11.2 Å². The largest absolute Gasteiger partial charge is 0.332 e. The summed E-state index contributed by atoms with van der Waals surface area (Å²) in [7, 11) is 4.69. The van der Waals surface area contributed by atoms with Gasteiger partial charge in [-0.25, -0.2) is 14.6 Å². The molecule has 3 heterocycles. The maximum absolute atomic E-state index is 12.5. The lowest BCUT2D eigenvalue weighted by molar-refractivity contribution is 0.262. The number of aryl methyl sites for hydroxylation is 3. The van der Waals surface area contributed by atoms with E-state index >= 15 is 0 Å². The summed E-state index contributed by atoms with van der Waals surface area (Å²) < 4.78 is 4.51. The molecule has 0 aliphatic carbocycles. The van der Waals surface area contributed by atoms with Gasteiger partial charge >= 0.3 is 11.7 Å². The van der Waals surface area contributed by atoms with Crippen molar-refractivity contribution in [3.05, 3.63) is 50.7 Å². The second-order valence-corrected chi connectivity index (χ2v) is 9.09. The van der Waals surface area contributed by atoms with Gasteiger partial charge in [0.25, 0.3) is 5.56 Å². The van der Waals surface area contributed by atoms with E-state index in [1.54, 1.807) is 18.7 Å². The predicted octanol–water partition coefficient (Wildman–Crippen LogP) is 2.18. The van der Waals surface area contributed by atoms with Crippen molar-refractivity contribution in [3.63, 3.8) is 0 Å². The Hall–Kier alpha value is -3.45. The smallest absolute Gasteiger partial charge is 0.316 e. The first-order valence-electron chi connectivity index (χ1n) is 9.59. The molecule has 13 heteroatoms. The Morgan fingerprint density at radius 2 is 1.81 bits per heavy atom. The number of imidazole rings is 1. The van der Waals surface area contributed by atoms with Gasteiger partial charge in [0.15, 0.2) is 20.7 Å². The van der Waals surface area contributed by atoms with Gasteiger partial charge < -0.3 is 9.88 Å². The van der Waals surface area contributed by atoms with E-state index in [1.807, 2.05) is 31.2 Å². The molecular formula is C19H20N8O3S2. The van der Waals surface area contributed by atoms with E-state index in [4.69, 9.17) is 0 Å². The van der Waals surface area contributed by atoms with E-state index in [9.17, 15) is 14.4 Å². The molecular weight excluding hydrogens is 452 g/mol. The topological polar surface area (TPSA) is 129 Å². The zero-order valence-electron chi connectivity index (χ0n) is 17.7. The number of aromatic nitrogens is 6. The van der Waals surface area contributed by atoms with E-state index < -0.39 is 17.3 Å². The summed E-state index contributed by atoms with van der Waals surface area (Å²) in [5.41, 5.74) is 1.50. The van der Waals surface area contributed by atoms with Crippen LogP contribution < -0.4 is 21.9 Å². The Morgan fingerprint density at radius 1 is 1.06 bits per heavy atom. The molecule has 0 radical (unpaired) electrons. The first kappa shape index (κ1) is 21.8. The van der Waals surface area contributed by atoms with Gasteiger partial charge in [0, 0.05) is 26.8 Å². The molecule has 3 aromatic heterocycles. The highest BCUT2D eigenvalue weighted by atomic mass is 32.2. The summed E-state index contributed by atoms with van der Waals surface area (Å²) in [6, 6.07) is 7.15. The van der Waals surface area contributed by atoms with Crippen molar-refractivity contribution in [1.29, 1.82) is 0 Å². The van der Waals surface area contributed by atoms with Crippen LogP contribution in [0.15, 0.2) is 43.4 Å². The Morgan fingerprint density at radius 3 is 2.56 bits per heavy atom. The van der Waals surface area contributed by atoms with E-state index in [0.717, 1.165) is 22.2 Å². The van der Waals surface area contributed by atoms with Gasteiger partial charge in [-0.3, -0.25) is 19.2 Å². The van der Waals surface area contributed by atoms with Crippen LogP contribution in [0.1, 0.15) is 12.5 Å². The third-order valence-electron chi connectivity index (χ3n) is 4.89. The summed E-state index contributed by atoms with van der Waals surface area (Å²) in [4.78, 5) is 41.5. The van der Waals surface area contributed by atoms with Crippen LogP contribution in [0.2, 0.25) is 0 Å². The van der Waals surface area contributed by atoms with Gasteiger partial charge in [0.2, 0.25) is 5.13 Å². The Bertz CT molecular complexity index is 1450. The number of rotatable bonds is 5. The summed E-state index contributed by atoms with van der Waals surface area (Å²) in [5, 5.41) is 14.4. The van der Waals surface area contributed by atoms with Crippen molar-refractivity contribution in [2.24, 2.45) is 21.1 Å². The fraction of sp³-hybridized carbons (Fsp3) is 0.263. The molecule has 11 nitrogen and oxygen atoms in total. The average Bonchev–Trinajstić information content (AvgIpc) is 3.35. The fourth-order valence-electron chi connectivity index (χ4n) is 3.17. The maximum atomic E-state index is 12.5. The number of carbonyl (C=O) groups is 1. The highest BCUT2D eigenvalue weighted by molar-refractivity contribution is 8.01. The number of hydrogen-bond donors (Lipinski definition) is 2. The third-order valence-corrected chi connectivity index (χ3v) is 6.82. The molecule has 0 saturated heterocycles. The Labute approximate surface area is 190 Å². The lowest BCUT2D eigenvalue weighted by atomic mass is 10.1. The summed E-state index contributed by atoms with van der Waals surface area (Å²) >= 11 is 2.36. The molecule has 0 aliphatic heterocycles. The molecule has 0 aliphatic rings. The minimum atomic E-state index is -0.449. The Balaban J connectivity index is 1.53. The molecule has 32 heavy (non-hydrogen) atoms. The highest BCUT2D eigenvalue weighted by Gasteiger charge is 2.19. The molecule has 4 rings (SSSR count). The zero-order valence-corrected chi connectivity index (χ0v) is 19.4. The van der Waals surface area contributed by atoms with Crippen molar-refractivity contribution >= 4 is 51.1 Å². The number of nitrogens with zero attached hydrogens (tertiary/aromatic N) is 6. The van der Waals surface area contributed by atoms with Gasteiger partial charge in [-0.15, -0.1) is 10.2 Å². The van der Waals surface area contributed by atoms with Gasteiger partial charge in [-0.1, -0.05) is 36.5 Å². The highest BCUT2D eigenvalue weighted by Crippen LogP contribution is 2.32. The number of amides is 2. The number of urea groups is 1. The molecule has 0 bridgehead atoms. The number of para-hydroxylation sites is 1. The van der Waals surface area contributed by atoms with E-state index in [0.29, 0.717) is 25.8 Å². The van der Waals surface area contributed by atoms with Crippen LogP contribution in [0.4, 0.5) is 15.6 Å². The number of anilines is 2. The van der Waals surface area contributed by atoms with Gasteiger partial charge in [0.1, 0.15) is 0 Å². The minimum Gasteiger partial charge on any atom is -0.316 e. The lowest BCUT2D eigenvalue weighted by Gasteiger charge is -2.09. The molecule has 2 amide bonds. The molecule has 0 atom stereocenters. The summed E-state index contributed by atoms with van der Waals surface area (Å²) in [5.74, 6) is 0. The zero-order chi connectivity index (χ0) is 23.0. The monoisotopic (exact) mass is 472 g/mol. The van der Waals surface area contributed by atoms with Crippen LogP contribution in [0, 0.1) is 0 Å². The summed E-state index contributed by atoms with van der Waals surface area (Å²) in [6.07, 6.45) is 0.794. The maximum Gasteiger partial charge on any atom is 0.332 e. The van der Waals surface area contributed by atoms with E-state index in [-0.39, 0.29) is 0 Å². The van der Waals surface area contributed by atoms with Crippen LogP contribution in [-0.4, -0.2) is 34.9 Å². The predicted molar refractivity (Wildman–Crippen MR) is 124 cm³/mol. The number of fused-ring (bicyclic) bond motifs is 1. The third kappa shape index (κ3) is 3.91. The second-order valence-electron chi connectivity index (χ2n) is 6.90. The number of carbonyl (C=O) groups excluding carboxylic acids is 1. The van der Waals surface area contributed by atoms with E-state index in [2.05, 4.69) is 25.8 Å². The van der Waals surface area contributed by atoms with E-state index in [1.165, 1.54) is 34.7 Å². The van der Waals surface area contributed by atoms with Crippen molar-refractivity contribution in [2.75, 3.05) is 10.6 Å². The molecule has 166 valence electrons. The van der Waals surface area contributed by atoms with Crippen LogP contribution in [0.5, 0.6) is 0 Å². The Kier molecular flexibility index (Phi) is 5.84. The van der Waals surface area contributed by atoms with Crippen molar-refractivity contribution in [3.8, 4) is 0 Å². The number of benzene rings is 1. The molecule has 0 spiro atoms. The fourth-order valence-corrected chi connectivity index (χ4v) is 4.87. The first-order valence-corrected chi connectivity index (χ1v) is 11.2. The normalized spacial score (nSPS) is 11.1. The second kappa shape index (κ2) is 8.59. The summed E-state index contributed by atoms with van der Waals surface area (Å²) in [6.45, 7) is 2.02. The molecule has 0 saturated carbocycles. The van der Waals surface area contributed by atoms with Crippen molar-refractivity contribution in [1.82, 2.24) is 28.9 Å². The average molecular weight is 473 g/mol. The molecule has 2 N–H and O–H groups in total. The standard InChI is InChI=1S/C19H20N8O3S2/c1-5-10-8-6-7-9-11(10)20-15(29)22-16-23-24-18(31-16)32-17-21-13-12(25(17)2)14(28)27(4)19(30)26(13)3/h6-9H,5H2,1-4H3,(H2,20,22,23,29).